The molecule has 27 nitrogen and oxygen atoms in total. The van der Waals surface area contributed by atoms with Crippen LogP contribution in [0.1, 0.15) is 104 Å². The molecular weight excluding hydrogens is 1260 g/mol. The van der Waals surface area contributed by atoms with Gasteiger partial charge in [0.15, 0.2) is 0 Å². The number of nitrogens with one attached hydrogen (secondary N) is 4. The van der Waals surface area contributed by atoms with E-state index in [4.69, 9.17) is 0 Å². The standard InChI is InChI=1S/C71H103N13O14/c1-43(2)37-54-63(90)75-60(49(8)85)64(91)74-53(69(96)83(16)57(40-52-33-25-19-26-34-52)71(98)82(15)55(38-50-29-21-17-22-30-50)62(89)73-45(4)66(93)84-35-27-20-28-36-84)41-58(86)77(10)47(6)67(94)76(9)42-59(87)80(13)56(39-51-31-23-18-24-32-51)70(97)78(11)46(5)61(88)72-44(3)65(92)79(12)48(7)68(95)81(54)14/h17-19,21-26,29-34,43-49,53-57,60,85H,20,27-28,35-42H2,1-16H3,(H,72,88)(H,73,89)(H,74,91)(H,75,90)/t44-,45-,46-,47-,48-,49+,53-,54-,55-,56-,57-,60-/m0/s1. The normalized spacial score (nSPS) is 23.6. The molecule has 3 aromatic carbocycles. The number of hydrogen-bond acceptors (Lipinski definition) is 14. The number of likely N-dealkylation sites (N-methyl/N-ethyl adjacent to an activating group) is 8. The lowest BCUT2D eigenvalue weighted by Crippen LogP contribution is -2.63. The lowest BCUT2D eigenvalue weighted by molar-refractivity contribution is -0.152. The Morgan fingerprint density at radius 1 is 0.541 bits per heavy atom. The summed E-state index contributed by atoms with van der Waals surface area (Å²) in [4.78, 5) is 200. The number of nitrogens with zero attached hydrogens (tertiary/aromatic N) is 9. The zero-order chi connectivity index (χ0) is 73.2. The Balaban J connectivity index is 1.61. The largest absolute Gasteiger partial charge is 0.391 e. The molecule has 2 heterocycles. The van der Waals surface area contributed by atoms with E-state index in [1.165, 1.54) is 95.9 Å². The molecule has 536 valence electrons. The summed E-state index contributed by atoms with van der Waals surface area (Å²) >= 11 is 0. The molecule has 3 aromatic rings. The van der Waals surface area contributed by atoms with Gasteiger partial charge in [-0.3, -0.25) is 62.3 Å². The Kier molecular flexibility index (Phi) is 29.5. The molecule has 0 radical (unpaired) electrons. The highest BCUT2D eigenvalue weighted by molar-refractivity contribution is 6.01. The Morgan fingerprint density at radius 2 is 1.05 bits per heavy atom. The van der Waals surface area contributed by atoms with Crippen LogP contribution in [0.4, 0.5) is 0 Å². The highest BCUT2D eigenvalue weighted by Crippen LogP contribution is 2.22. The summed E-state index contributed by atoms with van der Waals surface area (Å²) in [5.41, 5.74) is 1.87. The summed E-state index contributed by atoms with van der Waals surface area (Å²) in [5.74, 6) is -10.4. The molecule has 13 amide bonds. The summed E-state index contributed by atoms with van der Waals surface area (Å²) in [6, 6.07) is 11.0. The van der Waals surface area contributed by atoms with Gasteiger partial charge in [-0.05, 0) is 89.8 Å². The molecule has 5 N–H and O–H groups in total. The van der Waals surface area contributed by atoms with E-state index in [0.717, 1.165) is 53.6 Å². The van der Waals surface area contributed by atoms with Crippen molar-refractivity contribution in [1.82, 2.24) is 65.4 Å². The smallest absolute Gasteiger partial charge is 0.246 e. The van der Waals surface area contributed by atoms with Crippen LogP contribution >= 0.6 is 0 Å². The van der Waals surface area contributed by atoms with Gasteiger partial charge in [-0.1, -0.05) is 105 Å². The quantitative estimate of drug-likeness (QED) is 0.133. The summed E-state index contributed by atoms with van der Waals surface area (Å²) in [6.07, 6.45) is -0.276. The van der Waals surface area contributed by atoms with Gasteiger partial charge in [0.05, 0.1) is 19.1 Å². The molecule has 0 aliphatic carbocycles. The molecule has 12 atom stereocenters. The summed E-state index contributed by atoms with van der Waals surface area (Å²) in [5, 5.41) is 22.0. The number of hydrogen-bond donors (Lipinski definition) is 5. The molecule has 0 aromatic heterocycles. The van der Waals surface area contributed by atoms with E-state index < -0.39 is 156 Å². The van der Waals surface area contributed by atoms with Gasteiger partial charge < -0.3 is 70.5 Å². The molecule has 0 bridgehead atoms. The van der Waals surface area contributed by atoms with Crippen LogP contribution < -0.4 is 21.3 Å². The molecule has 0 saturated carbocycles. The number of piperidine rings is 1. The van der Waals surface area contributed by atoms with Crippen molar-refractivity contribution < 1.29 is 67.4 Å². The van der Waals surface area contributed by atoms with Crippen molar-refractivity contribution >= 4 is 76.8 Å². The van der Waals surface area contributed by atoms with Crippen LogP contribution in [-0.2, 0) is 81.6 Å². The summed E-state index contributed by atoms with van der Waals surface area (Å²) in [6.45, 7) is 12.4. The average molecular weight is 1360 g/mol. The van der Waals surface area contributed by atoms with Crippen molar-refractivity contribution in [2.75, 3.05) is 76.0 Å². The third-order valence-electron chi connectivity index (χ3n) is 18.8. The molecule has 27 heteroatoms. The molecule has 2 saturated heterocycles. The number of amides is 13. The van der Waals surface area contributed by atoms with Crippen LogP contribution in [0.3, 0.4) is 0 Å². The number of aliphatic hydroxyl groups excluding tert-OH is 1. The van der Waals surface area contributed by atoms with Crippen LogP contribution in [0, 0.1) is 5.92 Å². The van der Waals surface area contributed by atoms with Gasteiger partial charge in [0.25, 0.3) is 0 Å². The molecule has 98 heavy (non-hydrogen) atoms. The molecule has 2 fully saturated rings. The fourth-order valence-electron chi connectivity index (χ4n) is 11.9. The van der Waals surface area contributed by atoms with Crippen molar-refractivity contribution in [2.24, 2.45) is 5.92 Å². The maximum absolute atomic E-state index is 15.7. The number of rotatable bonds is 16. The maximum atomic E-state index is 15.7. The van der Waals surface area contributed by atoms with E-state index in [1.807, 2.05) is 0 Å². The van der Waals surface area contributed by atoms with E-state index in [-0.39, 0.29) is 37.5 Å². The van der Waals surface area contributed by atoms with E-state index in [0.29, 0.717) is 29.8 Å². The molecule has 2 aliphatic rings. The average Bonchev–Trinajstić information content (AvgIpc) is 0.822. The Labute approximate surface area is 576 Å². The fraction of sp³-hybridized carbons (Fsp3) is 0.563. The number of aliphatic hydroxyl groups is 1. The second kappa shape index (κ2) is 36.4. The summed E-state index contributed by atoms with van der Waals surface area (Å²) < 4.78 is 0. The molecule has 5 rings (SSSR count). The van der Waals surface area contributed by atoms with Gasteiger partial charge in [-0.15, -0.1) is 0 Å². The molecule has 0 spiro atoms. The van der Waals surface area contributed by atoms with Gasteiger partial charge >= 0.3 is 0 Å². The zero-order valence-corrected chi connectivity index (χ0v) is 59.7. The Morgan fingerprint density at radius 3 is 1.58 bits per heavy atom. The van der Waals surface area contributed by atoms with Crippen LogP contribution in [0.2, 0.25) is 0 Å². The van der Waals surface area contributed by atoms with Crippen molar-refractivity contribution in [2.45, 2.75) is 179 Å². The Bertz CT molecular complexity index is 3300. The lowest BCUT2D eigenvalue weighted by Gasteiger charge is -2.37. The van der Waals surface area contributed by atoms with E-state index in [9.17, 15) is 57.8 Å². The van der Waals surface area contributed by atoms with Crippen molar-refractivity contribution in [3.05, 3.63) is 108 Å². The van der Waals surface area contributed by atoms with Crippen molar-refractivity contribution in [3.8, 4) is 0 Å². The zero-order valence-electron chi connectivity index (χ0n) is 59.7. The van der Waals surface area contributed by atoms with Crippen LogP contribution in [0.25, 0.3) is 0 Å². The molecule has 0 unspecified atom stereocenters. The predicted molar refractivity (Wildman–Crippen MR) is 366 cm³/mol. The fourth-order valence-corrected chi connectivity index (χ4v) is 11.9. The number of carbonyl (C=O) groups is 13. The minimum Gasteiger partial charge on any atom is -0.391 e. The second-order valence-electron chi connectivity index (χ2n) is 26.6. The van der Waals surface area contributed by atoms with Gasteiger partial charge in [-0.25, -0.2) is 0 Å². The van der Waals surface area contributed by atoms with Gasteiger partial charge in [0, 0.05) is 88.7 Å². The topological polar surface area (TPSA) is 319 Å². The van der Waals surface area contributed by atoms with Gasteiger partial charge in [0.1, 0.15) is 66.5 Å². The van der Waals surface area contributed by atoms with Crippen molar-refractivity contribution in [3.63, 3.8) is 0 Å². The van der Waals surface area contributed by atoms with E-state index in [1.54, 1.807) is 117 Å². The third kappa shape index (κ3) is 20.9. The monoisotopic (exact) mass is 1360 g/mol. The molecule has 2 aliphatic heterocycles. The van der Waals surface area contributed by atoms with Crippen LogP contribution in [0.5, 0.6) is 0 Å². The predicted octanol–water partition coefficient (Wildman–Crippen LogP) is 0.844. The number of carbonyl (C=O) groups excluding carboxylic acids is 13. The minimum absolute atomic E-state index is 0.00687. The SMILES string of the molecule is CC(C)C[C@H]1C(=O)N[C@@H]([C@@H](C)O)C(=O)N[C@H](C(=O)N(C)[C@@H](Cc2ccccc2)C(=O)N(C)[C@@H](Cc2ccccc2)C(=O)N[C@@H](C)C(=O)N2CCCCC2)CC(=O)N(C)[C@@H](C)C(=O)N(C)CC(=O)N(C)[C@@H](Cc2ccccc2)C(=O)N(C)[C@@H](C)C(=O)N[C@@H](C)C(=O)N(C)[C@@H](C)C(=O)N1C. The first-order valence-electron chi connectivity index (χ1n) is 33.5. The Hall–Kier alpha value is -9.27. The van der Waals surface area contributed by atoms with Gasteiger partial charge in [-0.2, -0.15) is 0 Å². The third-order valence-corrected chi connectivity index (χ3v) is 18.8. The van der Waals surface area contributed by atoms with E-state index >= 15 is 9.59 Å². The first-order chi connectivity index (χ1) is 46.1. The first-order valence-corrected chi connectivity index (χ1v) is 33.5. The number of likely N-dealkylation sites (tertiary alicyclic amines) is 1. The highest BCUT2D eigenvalue weighted by atomic mass is 16.3. The summed E-state index contributed by atoms with van der Waals surface area (Å²) in [7, 11) is 10.6. The van der Waals surface area contributed by atoms with Crippen LogP contribution in [-0.4, -0.2) is 275 Å². The second-order valence-corrected chi connectivity index (χ2v) is 26.6. The molecular formula is C71H103N13O14. The first kappa shape index (κ1) is 79.4. The van der Waals surface area contributed by atoms with E-state index in [2.05, 4.69) is 21.3 Å². The maximum Gasteiger partial charge on any atom is 0.246 e. The number of benzene rings is 3. The van der Waals surface area contributed by atoms with Crippen LogP contribution in [0.15, 0.2) is 91.0 Å². The van der Waals surface area contributed by atoms with Crippen molar-refractivity contribution in [1.29, 1.82) is 0 Å². The van der Waals surface area contributed by atoms with Gasteiger partial charge in [0.2, 0.25) is 76.8 Å². The lowest BCUT2D eigenvalue weighted by atomic mass is 9.99. The highest BCUT2D eigenvalue weighted by Gasteiger charge is 2.43. The minimum atomic E-state index is -1.94.